The van der Waals surface area contributed by atoms with E-state index in [0.29, 0.717) is 24.2 Å². The first-order chi connectivity index (χ1) is 10.1. The number of carbonyl (C=O) groups excluding carboxylic acids is 1. The third-order valence-corrected chi connectivity index (χ3v) is 4.12. The van der Waals surface area contributed by atoms with Crippen LogP contribution < -0.4 is 4.74 Å². The summed E-state index contributed by atoms with van der Waals surface area (Å²) in [4.78, 5) is 22.7. The van der Waals surface area contributed by atoms with Gasteiger partial charge in [-0.15, -0.1) is 0 Å². The van der Waals surface area contributed by atoms with Crippen LogP contribution in [0.25, 0.3) is 0 Å². The van der Waals surface area contributed by atoms with Crippen molar-refractivity contribution in [2.45, 2.75) is 52.1 Å². The summed E-state index contributed by atoms with van der Waals surface area (Å²) < 4.78 is 5.97. The first-order valence-corrected chi connectivity index (χ1v) is 7.87. The number of ether oxygens (including phenoxy) is 1. The lowest BCUT2D eigenvalue weighted by atomic mass is 10.1. The van der Waals surface area contributed by atoms with Gasteiger partial charge in [0.2, 0.25) is 11.8 Å². The molecule has 0 bridgehead atoms. The molecule has 1 saturated carbocycles. The average molecular weight is 289 g/mol. The molecule has 0 N–H and O–H groups in total. The SMILES string of the molecule is Cc1cc(O[C@H]2CCCN(C(=O)CC3CC3)C2)nc(C)n1. The lowest BCUT2D eigenvalue weighted by Gasteiger charge is -2.32. The van der Waals surface area contributed by atoms with Crippen molar-refractivity contribution >= 4 is 5.91 Å². The van der Waals surface area contributed by atoms with Gasteiger partial charge < -0.3 is 9.64 Å². The van der Waals surface area contributed by atoms with E-state index >= 15 is 0 Å². The Morgan fingerprint density at radius 1 is 1.33 bits per heavy atom. The molecule has 1 aromatic heterocycles. The van der Waals surface area contributed by atoms with Crippen LogP contribution >= 0.6 is 0 Å². The fraction of sp³-hybridized carbons (Fsp3) is 0.688. The molecule has 1 saturated heterocycles. The molecular weight excluding hydrogens is 266 g/mol. The van der Waals surface area contributed by atoms with Crippen LogP contribution in [0.3, 0.4) is 0 Å². The van der Waals surface area contributed by atoms with Crippen molar-refractivity contribution in [1.82, 2.24) is 14.9 Å². The van der Waals surface area contributed by atoms with Gasteiger partial charge in [0.25, 0.3) is 0 Å². The van der Waals surface area contributed by atoms with Crippen LogP contribution in [0, 0.1) is 19.8 Å². The van der Waals surface area contributed by atoms with E-state index in [2.05, 4.69) is 9.97 Å². The zero-order chi connectivity index (χ0) is 14.8. The fourth-order valence-corrected chi connectivity index (χ4v) is 2.87. The predicted molar refractivity (Wildman–Crippen MR) is 79.1 cm³/mol. The number of hydrogen-bond donors (Lipinski definition) is 0. The summed E-state index contributed by atoms with van der Waals surface area (Å²) in [6.45, 7) is 5.36. The Kier molecular flexibility index (Phi) is 4.08. The number of aromatic nitrogens is 2. The van der Waals surface area contributed by atoms with Crippen molar-refractivity contribution in [2.75, 3.05) is 13.1 Å². The van der Waals surface area contributed by atoms with E-state index in [1.165, 1.54) is 12.8 Å². The van der Waals surface area contributed by atoms with Gasteiger partial charge in [0.15, 0.2) is 0 Å². The summed E-state index contributed by atoms with van der Waals surface area (Å²) in [5.41, 5.74) is 0.912. The molecule has 1 aliphatic carbocycles. The highest BCUT2D eigenvalue weighted by Gasteiger charge is 2.30. The van der Waals surface area contributed by atoms with E-state index in [9.17, 15) is 4.79 Å². The fourth-order valence-electron chi connectivity index (χ4n) is 2.87. The zero-order valence-corrected chi connectivity index (χ0v) is 12.8. The minimum absolute atomic E-state index is 0.0515. The summed E-state index contributed by atoms with van der Waals surface area (Å²) >= 11 is 0. The molecule has 0 unspecified atom stereocenters. The minimum Gasteiger partial charge on any atom is -0.472 e. The van der Waals surface area contributed by atoms with Crippen molar-refractivity contribution in [3.05, 3.63) is 17.6 Å². The Hall–Kier alpha value is -1.65. The third-order valence-electron chi connectivity index (χ3n) is 4.12. The van der Waals surface area contributed by atoms with Crippen molar-refractivity contribution in [3.8, 4) is 5.88 Å². The van der Waals surface area contributed by atoms with Gasteiger partial charge in [-0.1, -0.05) is 0 Å². The van der Waals surface area contributed by atoms with Gasteiger partial charge in [0.05, 0.1) is 6.54 Å². The first kappa shape index (κ1) is 14.3. The van der Waals surface area contributed by atoms with Crippen LogP contribution in [0.1, 0.15) is 43.6 Å². The Morgan fingerprint density at radius 3 is 2.86 bits per heavy atom. The van der Waals surface area contributed by atoms with Gasteiger partial charge in [0.1, 0.15) is 11.9 Å². The van der Waals surface area contributed by atoms with Crippen molar-refractivity contribution in [3.63, 3.8) is 0 Å². The highest BCUT2D eigenvalue weighted by Crippen LogP contribution is 2.33. The van der Waals surface area contributed by atoms with Crippen molar-refractivity contribution in [1.29, 1.82) is 0 Å². The second-order valence-electron chi connectivity index (χ2n) is 6.26. The normalized spacial score (nSPS) is 22.2. The molecule has 3 rings (SSSR count). The van der Waals surface area contributed by atoms with Crippen LogP contribution in [0.15, 0.2) is 6.07 Å². The molecule has 5 heteroatoms. The largest absolute Gasteiger partial charge is 0.472 e. The number of hydrogen-bond acceptors (Lipinski definition) is 4. The molecule has 1 atom stereocenters. The highest BCUT2D eigenvalue weighted by molar-refractivity contribution is 5.76. The molecule has 2 heterocycles. The Labute approximate surface area is 125 Å². The minimum atomic E-state index is 0.0515. The van der Waals surface area contributed by atoms with E-state index in [-0.39, 0.29) is 6.10 Å². The van der Waals surface area contributed by atoms with Gasteiger partial charge in [-0.2, -0.15) is 4.98 Å². The number of likely N-dealkylation sites (tertiary alicyclic amines) is 1. The summed E-state index contributed by atoms with van der Waals surface area (Å²) in [6, 6.07) is 1.86. The number of amides is 1. The number of aryl methyl sites for hydroxylation is 2. The topological polar surface area (TPSA) is 55.3 Å². The quantitative estimate of drug-likeness (QED) is 0.853. The lowest BCUT2D eigenvalue weighted by Crippen LogP contribution is -2.44. The second-order valence-corrected chi connectivity index (χ2v) is 6.26. The van der Waals surface area contributed by atoms with E-state index < -0.39 is 0 Å². The first-order valence-electron chi connectivity index (χ1n) is 7.87. The maximum atomic E-state index is 12.2. The second kappa shape index (κ2) is 6.00. The summed E-state index contributed by atoms with van der Waals surface area (Å²) in [5.74, 6) is 2.29. The van der Waals surface area contributed by atoms with Crippen LogP contribution in [-0.2, 0) is 4.79 Å². The maximum Gasteiger partial charge on any atom is 0.222 e. The number of rotatable bonds is 4. The van der Waals surface area contributed by atoms with Crippen LogP contribution in [0.4, 0.5) is 0 Å². The molecule has 114 valence electrons. The average Bonchev–Trinajstić information content (AvgIpc) is 3.21. The summed E-state index contributed by atoms with van der Waals surface area (Å²) in [6.07, 6.45) is 5.20. The van der Waals surface area contributed by atoms with Gasteiger partial charge in [-0.05, 0) is 45.4 Å². The number of nitrogens with zero attached hydrogens (tertiary/aromatic N) is 3. The molecule has 1 aromatic rings. The van der Waals surface area contributed by atoms with Gasteiger partial charge in [-0.3, -0.25) is 4.79 Å². The van der Waals surface area contributed by atoms with E-state index in [0.717, 1.165) is 37.3 Å². The Bertz CT molecular complexity index is 508. The molecule has 21 heavy (non-hydrogen) atoms. The van der Waals surface area contributed by atoms with Crippen LogP contribution in [-0.4, -0.2) is 40.0 Å². The zero-order valence-electron chi connectivity index (χ0n) is 12.8. The number of piperidine rings is 1. The molecule has 2 aliphatic rings. The standard InChI is InChI=1S/C16H23N3O2/c1-11-8-15(18-12(2)17-11)21-14-4-3-7-19(10-14)16(20)9-13-5-6-13/h8,13-14H,3-7,9-10H2,1-2H3/t14-/m0/s1. The van der Waals surface area contributed by atoms with Crippen molar-refractivity contribution < 1.29 is 9.53 Å². The van der Waals surface area contributed by atoms with Crippen LogP contribution in [0.2, 0.25) is 0 Å². The van der Waals surface area contributed by atoms with Gasteiger partial charge >= 0.3 is 0 Å². The predicted octanol–water partition coefficient (Wildman–Crippen LogP) is 2.26. The maximum absolute atomic E-state index is 12.2. The molecule has 0 radical (unpaired) electrons. The van der Waals surface area contributed by atoms with E-state index in [1.54, 1.807) is 0 Å². The highest BCUT2D eigenvalue weighted by atomic mass is 16.5. The smallest absolute Gasteiger partial charge is 0.222 e. The molecule has 1 aliphatic heterocycles. The van der Waals surface area contributed by atoms with Gasteiger partial charge in [-0.25, -0.2) is 4.98 Å². The molecule has 5 nitrogen and oxygen atoms in total. The van der Waals surface area contributed by atoms with Crippen LogP contribution in [0.5, 0.6) is 5.88 Å². The summed E-state index contributed by atoms with van der Waals surface area (Å²) in [5, 5.41) is 0. The third kappa shape index (κ3) is 3.93. The van der Waals surface area contributed by atoms with E-state index in [1.807, 2.05) is 24.8 Å². The molecular formula is C16H23N3O2. The summed E-state index contributed by atoms with van der Waals surface area (Å²) in [7, 11) is 0. The monoisotopic (exact) mass is 289 g/mol. The van der Waals surface area contributed by atoms with Gasteiger partial charge in [0, 0.05) is 24.7 Å². The Balaban J connectivity index is 1.58. The molecule has 0 aromatic carbocycles. The number of carbonyl (C=O) groups is 1. The van der Waals surface area contributed by atoms with E-state index in [4.69, 9.17) is 4.74 Å². The molecule has 0 spiro atoms. The molecule has 1 amide bonds. The molecule has 2 fully saturated rings. The lowest BCUT2D eigenvalue weighted by molar-refractivity contribution is -0.134. The van der Waals surface area contributed by atoms with Crippen molar-refractivity contribution in [2.24, 2.45) is 5.92 Å². The Morgan fingerprint density at radius 2 is 2.14 bits per heavy atom.